The number of rotatable bonds is 5. The van der Waals surface area contributed by atoms with Crippen molar-refractivity contribution in [2.24, 2.45) is 11.7 Å². The van der Waals surface area contributed by atoms with Crippen LogP contribution < -0.4 is 10.5 Å². The molecule has 0 bridgehead atoms. The van der Waals surface area contributed by atoms with Gasteiger partial charge in [-0.15, -0.1) is 12.4 Å². The van der Waals surface area contributed by atoms with Gasteiger partial charge in [0.1, 0.15) is 5.75 Å². The molecule has 1 aromatic rings. The Bertz CT molecular complexity index is 462. The molecule has 1 aliphatic heterocycles. The fourth-order valence-electron chi connectivity index (χ4n) is 2.82. The number of hydrogen-bond donors (Lipinski definition) is 1. The molecule has 1 heterocycles. The van der Waals surface area contributed by atoms with E-state index < -0.39 is 0 Å². The van der Waals surface area contributed by atoms with Gasteiger partial charge in [0.2, 0.25) is 5.91 Å². The zero-order valence-corrected chi connectivity index (χ0v) is 14.3. The largest absolute Gasteiger partial charge is 0.494 e. The number of carbonyl (C=O) groups is 1. The van der Waals surface area contributed by atoms with Gasteiger partial charge in [-0.2, -0.15) is 0 Å². The van der Waals surface area contributed by atoms with Crippen LogP contribution in [0.1, 0.15) is 32.3 Å². The summed E-state index contributed by atoms with van der Waals surface area (Å²) in [7, 11) is 0. The number of benzene rings is 1. The first kappa shape index (κ1) is 18.8. The molecule has 0 aliphatic carbocycles. The van der Waals surface area contributed by atoms with Crippen LogP contribution in [-0.2, 0) is 11.2 Å². The number of hydrogen-bond acceptors (Lipinski definition) is 3. The summed E-state index contributed by atoms with van der Waals surface area (Å²) in [5.41, 5.74) is 7.01. The minimum absolute atomic E-state index is 0. The zero-order chi connectivity index (χ0) is 15.2. The van der Waals surface area contributed by atoms with E-state index in [9.17, 15) is 4.79 Å². The molecule has 2 unspecified atom stereocenters. The molecule has 0 spiro atoms. The van der Waals surface area contributed by atoms with Gasteiger partial charge in [-0.25, -0.2) is 0 Å². The third-order valence-electron chi connectivity index (χ3n) is 4.14. The quantitative estimate of drug-likeness (QED) is 0.905. The molecule has 1 saturated heterocycles. The van der Waals surface area contributed by atoms with Gasteiger partial charge in [0, 0.05) is 19.1 Å². The van der Waals surface area contributed by atoms with Crippen molar-refractivity contribution in [1.29, 1.82) is 0 Å². The lowest BCUT2D eigenvalue weighted by Crippen LogP contribution is -2.45. The van der Waals surface area contributed by atoms with Crippen molar-refractivity contribution < 1.29 is 9.53 Å². The molecule has 22 heavy (non-hydrogen) atoms. The summed E-state index contributed by atoms with van der Waals surface area (Å²) in [6, 6.07) is 7.94. The van der Waals surface area contributed by atoms with Crippen molar-refractivity contribution in [3.8, 4) is 5.75 Å². The van der Waals surface area contributed by atoms with Gasteiger partial charge in [0.25, 0.3) is 0 Å². The van der Waals surface area contributed by atoms with Gasteiger partial charge in [0.15, 0.2) is 0 Å². The average Bonchev–Trinajstić information content (AvgIpc) is 2.49. The first-order valence-corrected chi connectivity index (χ1v) is 7.85. The molecule has 124 valence electrons. The van der Waals surface area contributed by atoms with E-state index in [0.29, 0.717) is 18.9 Å². The molecular weight excluding hydrogens is 300 g/mol. The number of amides is 1. The standard InChI is InChI=1S/C17H26N2O2.ClH/c1-3-21-16-8-6-14(7-9-16)11-17(20)19-10-4-5-15(12-19)13(2)18;/h6-9,13,15H,3-5,10-12,18H2,1-2H3;1H. The summed E-state index contributed by atoms with van der Waals surface area (Å²) < 4.78 is 5.41. The van der Waals surface area contributed by atoms with Crippen LogP contribution >= 0.6 is 12.4 Å². The summed E-state index contributed by atoms with van der Waals surface area (Å²) in [6.45, 7) is 6.31. The Morgan fingerprint density at radius 1 is 1.41 bits per heavy atom. The number of halogens is 1. The minimum Gasteiger partial charge on any atom is -0.494 e. The molecule has 2 N–H and O–H groups in total. The molecule has 0 aromatic heterocycles. The second kappa shape index (κ2) is 9.01. The highest BCUT2D eigenvalue weighted by atomic mass is 35.5. The lowest BCUT2D eigenvalue weighted by Gasteiger charge is -2.34. The molecule has 2 rings (SSSR count). The van der Waals surface area contributed by atoms with Gasteiger partial charge in [0.05, 0.1) is 13.0 Å². The number of carbonyl (C=O) groups excluding carboxylic acids is 1. The monoisotopic (exact) mass is 326 g/mol. The normalized spacial score (nSPS) is 19.2. The Hall–Kier alpha value is -1.26. The second-order valence-electron chi connectivity index (χ2n) is 5.85. The third-order valence-corrected chi connectivity index (χ3v) is 4.14. The fraction of sp³-hybridized carbons (Fsp3) is 0.588. The Morgan fingerprint density at radius 3 is 2.68 bits per heavy atom. The van der Waals surface area contributed by atoms with Crippen molar-refractivity contribution >= 4 is 18.3 Å². The lowest BCUT2D eigenvalue weighted by atomic mass is 9.92. The summed E-state index contributed by atoms with van der Waals surface area (Å²) in [4.78, 5) is 14.4. The molecule has 0 saturated carbocycles. The predicted octanol–water partition coefficient (Wildman–Crippen LogP) is 2.64. The van der Waals surface area contributed by atoms with Gasteiger partial charge in [-0.3, -0.25) is 4.79 Å². The zero-order valence-electron chi connectivity index (χ0n) is 13.5. The van der Waals surface area contributed by atoms with Crippen LogP contribution in [0.2, 0.25) is 0 Å². The van der Waals surface area contributed by atoms with E-state index in [2.05, 4.69) is 0 Å². The average molecular weight is 327 g/mol. The molecule has 2 atom stereocenters. The minimum atomic E-state index is 0. The van der Waals surface area contributed by atoms with Crippen LogP contribution in [-0.4, -0.2) is 36.5 Å². The molecule has 1 amide bonds. The van der Waals surface area contributed by atoms with Crippen LogP contribution in [0, 0.1) is 5.92 Å². The number of nitrogens with zero attached hydrogens (tertiary/aromatic N) is 1. The van der Waals surface area contributed by atoms with E-state index in [1.807, 2.05) is 43.0 Å². The van der Waals surface area contributed by atoms with Crippen molar-refractivity contribution in [1.82, 2.24) is 4.90 Å². The molecule has 1 aliphatic rings. The summed E-state index contributed by atoms with van der Waals surface area (Å²) in [5, 5.41) is 0. The van der Waals surface area contributed by atoms with Crippen LogP contribution in [0.4, 0.5) is 0 Å². The SMILES string of the molecule is CCOc1ccc(CC(=O)N2CCCC(C(C)N)C2)cc1.Cl. The van der Waals surface area contributed by atoms with Crippen molar-refractivity contribution in [3.63, 3.8) is 0 Å². The lowest BCUT2D eigenvalue weighted by molar-refractivity contribution is -0.132. The summed E-state index contributed by atoms with van der Waals surface area (Å²) in [5.74, 6) is 1.48. The Labute approximate surface area is 139 Å². The first-order valence-electron chi connectivity index (χ1n) is 7.85. The third kappa shape index (κ3) is 5.18. The molecule has 0 radical (unpaired) electrons. The first-order chi connectivity index (χ1) is 10.1. The molecular formula is C17H27ClN2O2. The number of ether oxygens (including phenoxy) is 1. The summed E-state index contributed by atoms with van der Waals surface area (Å²) >= 11 is 0. The smallest absolute Gasteiger partial charge is 0.226 e. The van der Waals surface area contributed by atoms with E-state index >= 15 is 0 Å². The van der Waals surface area contributed by atoms with Crippen molar-refractivity contribution in [3.05, 3.63) is 29.8 Å². The maximum Gasteiger partial charge on any atom is 0.226 e. The maximum absolute atomic E-state index is 12.4. The molecule has 1 aromatic carbocycles. The van der Waals surface area contributed by atoms with Gasteiger partial charge in [-0.1, -0.05) is 12.1 Å². The van der Waals surface area contributed by atoms with Crippen molar-refractivity contribution in [2.75, 3.05) is 19.7 Å². The topological polar surface area (TPSA) is 55.6 Å². The number of piperidine rings is 1. The van der Waals surface area contributed by atoms with Crippen LogP contribution in [0.15, 0.2) is 24.3 Å². The highest BCUT2D eigenvalue weighted by molar-refractivity contribution is 5.85. The highest BCUT2D eigenvalue weighted by Gasteiger charge is 2.25. The van der Waals surface area contributed by atoms with Crippen LogP contribution in [0.25, 0.3) is 0 Å². The van der Waals surface area contributed by atoms with Crippen molar-refractivity contribution in [2.45, 2.75) is 39.2 Å². The summed E-state index contributed by atoms with van der Waals surface area (Å²) in [6.07, 6.45) is 2.64. The predicted molar refractivity (Wildman–Crippen MR) is 91.5 cm³/mol. The van der Waals surface area contributed by atoms with E-state index in [-0.39, 0.29) is 24.4 Å². The van der Waals surface area contributed by atoms with Gasteiger partial charge >= 0.3 is 0 Å². The Balaban J connectivity index is 0.00000242. The van der Waals surface area contributed by atoms with E-state index in [1.165, 1.54) is 0 Å². The van der Waals surface area contributed by atoms with Crippen LogP contribution in [0.5, 0.6) is 5.75 Å². The van der Waals surface area contributed by atoms with Crippen LogP contribution in [0.3, 0.4) is 0 Å². The maximum atomic E-state index is 12.4. The highest BCUT2D eigenvalue weighted by Crippen LogP contribution is 2.20. The Morgan fingerprint density at radius 2 is 2.09 bits per heavy atom. The number of nitrogens with two attached hydrogens (primary N) is 1. The van der Waals surface area contributed by atoms with E-state index in [4.69, 9.17) is 10.5 Å². The number of likely N-dealkylation sites (tertiary alicyclic amines) is 1. The van der Waals surface area contributed by atoms with E-state index in [1.54, 1.807) is 0 Å². The second-order valence-corrected chi connectivity index (χ2v) is 5.85. The van der Waals surface area contributed by atoms with Gasteiger partial charge in [-0.05, 0) is 50.3 Å². The Kier molecular flexibility index (Phi) is 7.69. The van der Waals surface area contributed by atoms with E-state index in [0.717, 1.165) is 37.2 Å². The van der Waals surface area contributed by atoms with Gasteiger partial charge < -0.3 is 15.4 Å². The molecule has 4 nitrogen and oxygen atoms in total. The molecule has 1 fully saturated rings. The molecule has 5 heteroatoms. The fourth-order valence-corrected chi connectivity index (χ4v) is 2.82.